The van der Waals surface area contributed by atoms with Crippen molar-refractivity contribution in [3.05, 3.63) is 71.9 Å². The van der Waals surface area contributed by atoms with Gasteiger partial charge in [0.1, 0.15) is 0 Å². The molecule has 14 heteroatoms. The van der Waals surface area contributed by atoms with Crippen molar-refractivity contribution in [2.24, 2.45) is 0 Å². The number of para-hydroxylation sites is 2. The van der Waals surface area contributed by atoms with Gasteiger partial charge in [-0.2, -0.15) is 0 Å². The number of anilines is 2. The summed E-state index contributed by atoms with van der Waals surface area (Å²) >= 11 is 0. The van der Waals surface area contributed by atoms with E-state index < -0.39 is 41.2 Å². The minimum absolute atomic E-state index is 0.0167. The molecule has 2 heterocycles. The third kappa shape index (κ3) is 4.78. The molecule has 0 aromatic heterocycles. The van der Waals surface area contributed by atoms with Crippen LogP contribution in [0.4, 0.5) is 25.8 Å². The average molecular weight is 565 g/mol. The van der Waals surface area contributed by atoms with Gasteiger partial charge in [-0.15, -0.1) is 0 Å². The summed E-state index contributed by atoms with van der Waals surface area (Å²) in [5.74, 6) is -1.65. The maximum atomic E-state index is 14.0. The van der Waals surface area contributed by atoms with Crippen LogP contribution in [0.2, 0.25) is 0 Å². The molecule has 2 aromatic rings. The molecule has 2 unspecified atom stereocenters. The molecule has 0 radical (unpaired) electrons. The zero-order valence-corrected chi connectivity index (χ0v) is 23.3. The zero-order chi connectivity index (χ0) is 29.9. The van der Waals surface area contributed by atoms with Gasteiger partial charge in [0.05, 0.1) is 12.2 Å². The number of allylic oxidation sites excluding steroid dienone is 1. The molecule has 0 bridgehead atoms. The minimum Gasteiger partial charge on any atom is -0.462 e. The van der Waals surface area contributed by atoms with E-state index >= 15 is 0 Å². The van der Waals surface area contributed by atoms with E-state index in [1.54, 1.807) is 67.6 Å². The van der Waals surface area contributed by atoms with E-state index in [2.05, 4.69) is 26.9 Å². The Labute approximate surface area is 236 Å². The molecular weight excluding hydrogens is 532 g/mol. The van der Waals surface area contributed by atoms with Crippen molar-refractivity contribution in [2.45, 2.75) is 32.0 Å². The van der Waals surface area contributed by atoms with Gasteiger partial charge < -0.3 is 20.3 Å². The van der Waals surface area contributed by atoms with E-state index in [-0.39, 0.29) is 17.9 Å². The first-order chi connectivity index (χ1) is 19.5. The number of esters is 1. The average Bonchev–Trinajstić information content (AvgIpc) is 3.25. The highest BCUT2D eigenvalue weighted by atomic mass is 16.5. The van der Waals surface area contributed by atoms with Crippen molar-refractivity contribution in [3.8, 4) is 0 Å². The van der Waals surface area contributed by atoms with Crippen LogP contribution in [0.25, 0.3) is 0 Å². The number of rotatable bonds is 7. The summed E-state index contributed by atoms with van der Waals surface area (Å²) in [5.41, 5.74) is 4.94. The fourth-order valence-electron chi connectivity index (χ4n) is 5.25. The largest absolute Gasteiger partial charge is 0.462 e. The molecule has 2 aliphatic rings. The highest BCUT2D eigenvalue weighted by Crippen LogP contribution is 2.50. The second-order valence-corrected chi connectivity index (χ2v) is 9.51. The van der Waals surface area contributed by atoms with Crippen molar-refractivity contribution in [1.29, 1.82) is 0 Å². The van der Waals surface area contributed by atoms with Crippen LogP contribution in [0.3, 0.4) is 0 Å². The third-order valence-electron chi connectivity index (χ3n) is 7.08. The lowest BCUT2D eigenvalue weighted by Crippen LogP contribution is -2.78. The van der Waals surface area contributed by atoms with Gasteiger partial charge in [0.15, 0.2) is 11.2 Å². The van der Waals surface area contributed by atoms with E-state index in [0.29, 0.717) is 11.4 Å². The lowest BCUT2D eigenvalue weighted by molar-refractivity contribution is -0.146. The van der Waals surface area contributed by atoms with Crippen molar-refractivity contribution in [2.75, 3.05) is 31.3 Å². The molecular formula is C27H32N8O6. The molecule has 0 aliphatic carbocycles. The van der Waals surface area contributed by atoms with Gasteiger partial charge in [-0.25, -0.2) is 30.0 Å². The maximum absolute atomic E-state index is 14.0. The molecule has 2 atom stereocenters. The fraction of sp³-hybridized carbons (Fsp3) is 0.296. The Hall–Kier alpha value is -5.11. The van der Waals surface area contributed by atoms with Crippen molar-refractivity contribution >= 4 is 41.3 Å². The smallest absolute Gasteiger partial charge is 0.338 e. The number of carbonyl (C=O) groups is 5. The lowest BCUT2D eigenvalue weighted by atomic mass is 9.79. The highest BCUT2D eigenvalue weighted by molar-refractivity contribution is 6.15. The van der Waals surface area contributed by atoms with Crippen LogP contribution in [0.1, 0.15) is 20.8 Å². The number of hydrazine groups is 2. The Kier molecular flexibility index (Phi) is 7.87. The molecule has 1 fully saturated rings. The zero-order valence-electron chi connectivity index (χ0n) is 23.3. The molecule has 0 saturated carbocycles. The summed E-state index contributed by atoms with van der Waals surface area (Å²) in [7, 11) is 2.63. The number of urea groups is 3. The number of benzene rings is 2. The molecule has 216 valence electrons. The predicted octanol–water partition coefficient (Wildman–Crippen LogP) is 2.18. The van der Waals surface area contributed by atoms with Crippen LogP contribution in [0, 0.1) is 0 Å². The molecule has 7 amide bonds. The number of likely N-dealkylation sites (N-methyl/N-ethyl adjacent to an activating group) is 2. The molecule has 14 nitrogen and oxygen atoms in total. The van der Waals surface area contributed by atoms with Gasteiger partial charge in [0.2, 0.25) is 0 Å². The quantitative estimate of drug-likeness (QED) is 0.194. The molecule has 1 spiro atoms. The normalized spacial score (nSPS) is 21.8. The summed E-state index contributed by atoms with van der Waals surface area (Å²) < 4.78 is 5.31. The fourth-order valence-corrected chi connectivity index (χ4v) is 5.25. The van der Waals surface area contributed by atoms with Gasteiger partial charge in [0, 0.05) is 31.2 Å². The second-order valence-electron chi connectivity index (χ2n) is 9.51. The van der Waals surface area contributed by atoms with Crippen LogP contribution in [-0.4, -0.2) is 76.7 Å². The Morgan fingerprint density at radius 1 is 0.878 bits per heavy atom. The van der Waals surface area contributed by atoms with Crippen molar-refractivity contribution in [1.82, 2.24) is 31.1 Å². The Balaban J connectivity index is 1.78. The van der Waals surface area contributed by atoms with E-state index in [9.17, 15) is 24.0 Å². The number of ether oxygens (including phenoxy) is 1. The molecule has 41 heavy (non-hydrogen) atoms. The van der Waals surface area contributed by atoms with E-state index in [0.717, 1.165) is 9.80 Å². The van der Waals surface area contributed by atoms with Crippen LogP contribution in [0.15, 0.2) is 71.9 Å². The standard InChI is InChI=1S/C27H32N8O6/c1-6-41-21(36)20-17(2)35(31-24(39)29-19-15-11-8-12-16-19)26(3,27(20)22(37)33(4)25(40)34(27)5)32-30-23(38)28-18-13-9-7-10-14-18/h7-16,32H,6H2,1-5H3,(H2,28,30,38)(H2,29,31,39). The van der Waals surface area contributed by atoms with Gasteiger partial charge >= 0.3 is 24.1 Å². The van der Waals surface area contributed by atoms with Crippen LogP contribution < -0.4 is 26.9 Å². The van der Waals surface area contributed by atoms with Gasteiger partial charge in [-0.3, -0.25) is 20.1 Å². The highest BCUT2D eigenvalue weighted by Gasteiger charge is 2.75. The third-order valence-corrected chi connectivity index (χ3v) is 7.08. The van der Waals surface area contributed by atoms with Crippen molar-refractivity contribution in [3.63, 3.8) is 0 Å². The lowest BCUT2D eigenvalue weighted by Gasteiger charge is -2.47. The topological polar surface area (TPSA) is 164 Å². The Bertz CT molecular complexity index is 1400. The molecule has 4 rings (SSSR count). The first-order valence-corrected chi connectivity index (χ1v) is 12.8. The number of carbonyl (C=O) groups excluding carboxylic acids is 5. The molecule has 2 aliphatic heterocycles. The van der Waals surface area contributed by atoms with Crippen LogP contribution in [-0.2, 0) is 14.3 Å². The minimum atomic E-state index is -2.07. The second kappa shape index (κ2) is 11.2. The Morgan fingerprint density at radius 2 is 1.41 bits per heavy atom. The predicted molar refractivity (Wildman–Crippen MR) is 149 cm³/mol. The van der Waals surface area contributed by atoms with Crippen molar-refractivity contribution < 1.29 is 28.7 Å². The number of nitrogens with one attached hydrogen (secondary N) is 5. The SMILES string of the molecule is CCOC(=O)C1=C(C)N(NC(=O)Nc2ccccc2)C(C)(NNC(=O)Nc2ccccc2)C12C(=O)N(C)C(=O)N2C. The van der Waals surface area contributed by atoms with Gasteiger partial charge in [0.25, 0.3) is 5.91 Å². The first kappa shape index (κ1) is 28.9. The summed E-state index contributed by atoms with van der Waals surface area (Å²) in [6.07, 6.45) is 0. The summed E-state index contributed by atoms with van der Waals surface area (Å²) in [6, 6.07) is 15.1. The van der Waals surface area contributed by atoms with Crippen LogP contribution >= 0.6 is 0 Å². The Morgan fingerprint density at radius 3 is 1.90 bits per heavy atom. The number of nitrogens with zero attached hydrogens (tertiary/aromatic N) is 3. The molecule has 1 saturated heterocycles. The first-order valence-electron chi connectivity index (χ1n) is 12.8. The summed E-state index contributed by atoms with van der Waals surface area (Å²) in [4.78, 5) is 68.6. The monoisotopic (exact) mass is 564 g/mol. The number of hydrogen-bond donors (Lipinski definition) is 5. The molecule has 5 N–H and O–H groups in total. The van der Waals surface area contributed by atoms with Crippen LogP contribution in [0.5, 0.6) is 0 Å². The van der Waals surface area contributed by atoms with E-state index in [4.69, 9.17) is 4.74 Å². The van der Waals surface area contributed by atoms with Gasteiger partial charge in [-0.1, -0.05) is 36.4 Å². The molecule has 2 aromatic carbocycles. The number of amides is 7. The summed E-state index contributed by atoms with van der Waals surface area (Å²) in [6.45, 7) is 4.55. The number of hydrogen-bond acceptors (Lipinski definition) is 8. The number of imide groups is 1. The van der Waals surface area contributed by atoms with Gasteiger partial charge in [-0.05, 0) is 45.0 Å². The van der Waals surface area contributed by atoms with E-state index in [1.807, 2.05) is 0 Å². The maximum Gasteiger partial charge on any atom is 0.338 e. The summed E-state index contributed by atoms with van der Waals surface area (Å²) in [5, 5.41) is 6.55. The van der Waals surface area contributed by atoms with E-state index in [1.165, 1.54) is 33.0 Å².